The molecule has 1 aliphatic rings. The van der Waals surface area contributed by atoms with Crippen molar-refractivity contribution in [1.29, 1.82) is 0 Å². The van der Waals surface area contributed by atoms with Crippen LogP contribution in [-0.4, -0.2) is 29.9 Å². The summed E-state index contributed by atoms with van der Waals surface area (Å²) in [6.45, 7) is 1.19. The van der Waals surface area contributed by atoms with Gasteiger partial charge in [0.15, 0.2) is 0 Å². The van der Waals surface area contributed by atoms with Crippen molar-refractivity contribution in [2.45, 2.75) is 12.5 Å². The van der Waals surface area contributed by atoms with E-state index in [2.05, 4.69) is 15.9 Å². The van der Waals surface area contributed by atoms with Crippen LogP contribution in [0.25, 0.3) is 0 Å². The van der Waals surface area contributed by atoms with Crippen molar-refractivity contribution < 1.29 is 9.18 Å². The number of rotatable bonds is 1. The van der Waals surface area contributed by atoms with Crippen LogP contribution in [0.1, 0.15) is 16.8 Å². The highest BCUT2D eigenvalue weighted by Gasteiger charge is 2.25. The molecule has 2 N–H and O–H groups in total. The molecule has 3 nitrogen and oxygen atoms in total. The number of carbonyl (C=O) groups is 1. The number of hydrogen-bond donors (Lipinski definition) is 1. The maximum absolute atomic E-state index is 13.1. The van der Waals surface area contributed by atoms with E-state index in [0.29, 0.717) is 23.1 Å². The summed E-state index contributed by atoms with van der Waals surface area (Å²) in [5.74, 6) is -0.575. The van der Waals surface area contributed by atoms with Crippen LogP contribution in [0, 0.1) is 5.82 Å². The number of likely N-dealkylation sites (tertiary alicyclic amines) is 1. The molecule has 16 heavy (non-hydrogen) atoms. The Kier molecular flexibility index (Phi) is 3.25. The Hall–Kier alpha value is -0.940. The first-order valence-corrected chi connectivity index (χ1v) is 5.87. The first-order chi connectivity index (χ1) is 7.58. The maximum Gasteiger partial charge on any atom is 0.255 e. The molecule has 0 aliphatic carbocycles. The molecule has 0 aromatic heterocycles. The zero-order valence-corrected chi connectivity index (χ0v) is 10.2. The van der Waals surface area contributed by atoms with Crippen molar-refractivity contribution >= 4 is 21.8 Å². The topological polar surface area (TPSA) is 46.3 Å². The molecule has 2 rings (SSSR count). The summed E-state index contributed by atoms with van der Waals surface area (Å²) in [6.07, 6.45) is 0.804. The van der Waals surface area contributed by atoms with Crippen molar-refractivity contribution in [3.8, 4) is 0 Å². The van der Waals surface area contributed by atoms with Crippen LogP contribution in [0.3, 0.4) is 0 Å². The van der Waals surface area contributed by atoms with Gasteiger partial charge < -0.3 is 10.6 Å². The Balaban J connectivity index is 2.23. The molecule has 1 saturated heterocycles. The lowest BCUT2D eigenvalue weighted by atomic mass is 10.2. The van der Waals surface area contributed by atoms with Gasteiger partial charge in [-0.15, -0.1) is 0 Å². The van der Waals surface area contributed by atoms with Crippen molar-refractivity contribution in [3.63, 3.8) is 0 Å². The number of hydrogen-bond acceptors (Lipinski definition) is 2. The van der Waals surface area contributed by atoms with E-state index in [1.54, 1.807) is 11.0 Å². The summed E-state index contributed by atoms with van der Waals surface area (Å²) in [4.78, 5) is 13.7. The number of carbonyl (C=O) groups excluding carboxylic acids is 1. The average molecular weight is 287 g/mol. The van der Waals surface area contributed by atoms with Crippen molar-refractivity contribution in [3.05, 3.63) is 34.1 Å². The Labute approximate surface area is 102 Å². The SMILES string of the molecule is N[C@@H]1CCN(C(=O)c2cc(F)ccc2Br)C1. The number of halogens is 2. The second kappa shape index (κ2) is 4.51. The first-order valence-electron chi connectivity index (χ1n) is 5.08. The average Bonchev–Trinajstić information content (AvgIpc) is 2.67. The van der Waals surface area contributed by atoms with Crippen molar-refractivity contribution in [2.75, 3.05) is 13.1 Å². The van der Waals surface area contributed by atoms with E-state index in [-0.39, 0.29) is 11.9 Å². The van der Waals surface area contributed by atoms with Crippen LogP contribution < -0.4 is 5.73 Å². The van der Waals surface area contributed by atoms with Gasteiger partial charge in [0.2, 0.25) is 0 Å². The quantitative estimate of drug-likeness (QED) is 0.855. The molecule has 5 heteroatoms. The van der Waals surface area contributed by atoms with Gasteiger partial charge in [-0.05, 0) is 40.5 Å². The van der Waals surface area contributed by atoms with Crippen LogP contribution in [-0.2, 0) is 0 Å². The Morgan fingerprint density at radius 3 is 2.94 bits per heavy atom. The second-order valence-corrected chi connectivity index (χ2v) is 4.78. The van der Waals surface area contributed by atoms with Crippen LogP contribution >= 0.6 is 15.9 Å². The van der Waals surface area contributed by atoms with E-state index >= 15 is 0 Å². The van der Waals surface area contributed by atoms with E-state index < -0.39 is 5.82 Å². The van der Waals surface area contributed by atoms with E-state index in [1.807, 2.05) is 0 Å². The lowest BCUT2D eigenvalue weighted by Crippen LogP contribution is -2.32. The molecule has 1 amide bonds. The molecule has 86 valence electrons. The summed E-state index contributed by atoms with van der Waals surface area (Å²) in [5, 5.41) is 0. The minimum atomic E-state index is -0.407. The van der Waals surface area contributed by atoms with Gasteiger partial charge in [0.25, 0.3) is 5.91 Å². The molecule has 1 atom stereocenters. The van der Waals surface area contributed by atoms with Gasteiger partial charge in [0.1, 0.15) is 5.82 Å². The van der Waals surface area contributed by atoms with E-state index in [4.69, 9.17) is 5.73 Å². The molecule has 1 aliphatic heterocycles. The normalized spacial score (nSPS) is 20.2. The molecule has 1 fully saturated rings. The minimum absolute atomic E-state index is 0.0382. The van der Waals surface area contributed by atoms with Crippen LogP contribution in [0.15, 0.2) is 22.7 Å². The van der Waals surface area contributed by atoms with Gasteiger partial charge in [-0.25, -0.2) is 4.39 Å². The predicted octanol–water partition coefficient (Wildman–Crippen LogP) is 1.76. The number of nitrogens with two attached hydrogens (primary N) is 1. The minimum Gasteiger partial charge on any atom is -0.337 e. The molecule has 0 saturated carbocycles. The van der Waals surface area contributed by atoms with Crippen molar-refractivity contribution in [2.24, 2.45) is 5.73 Å². The Morgan fingerprint density at radius 1 is 1.56 bits per heavy atom. The van der Waals surface area contributed by atoms with Crippen LogP contribution in [0.2, 0.25) is 0 Å². The Bertz CT molecular complexity index is 424. The number of nitrogens with zero attached hydrogens (tertiary/aromatic N) is 1. The highest BCUT2D eigenvalue weighted by molar-refractivity contribution is 9.10. The molecular weight excluding hydrogens is 275 g/mol. The zero-order valence-electron chi connectivity index (χ0n) is 8.62. The Morgan fingerprint density at radius 2 is 2.31 bits per heavy atom. The van der Waals surface area contributed by atoms with Crippen LogP contribution in [0.4, 0.5) is 4.39 Å². The molecule has 0 radical (unpaired) electrons. The summed E-state index contributed by atoms with van der Waals surface area (Å²) < 4.78 is 13.7. The van der Waals surface area contributed by atoms with Gasteiger partial charge in [-0.2, -0.15) is 0 Å². The molecule has 1 aromatic rings. The van der Waals surface area contributed by atoms with E-state index in [1.165, 1.54) is 12.1 Å². The van der Waals surface area contributed by atoms with Gasteiger partial charge >= 0.3 is 0 Å². The molecule has 0 unspecified atom stereocenters. The van der Waals surface area contributed by atoms with Gasteiger partial charge in [-0.1, -0.05) is 0 Å². The molecule has 1 heterocycles. The maximum atomic E-state index is 13.1. The summed E-state index contributed by atoms with van der Waals surface area (Å²) >= 11 is 3.25. The fraction of sp³-hybridized carbons (Fsp3) is 0.364. The first kappa shape index (κ1) is 11.5. The fourth-order valence-corrected chi connectivity index (χ4v) is 2.22. The van der Waals surface area contributed by atoms with Gasteiger partial charge in [0, 0.05) is 23.6 Å². The van der Waals surface area contributed by atoms with Crippen molar-refractivity contribution in [1.82, 2.24) is 4.90 Å². The summed E-state index contributed by atoms with van der Waals surface area (Å²) in [6, 6.07) is 4.14. The van der Waals surface area contributed by atoms with E-state index in [0.717, 1.165) is 6.42 Å². The smallest absolute Gasteiger partial charge is 0.255 e. The van der Waals surface area contributed by atoms with E-state index in [9.17, 15) is 9.18 Å². The third-order valence-corrected chi connectivity index (χ3v) is 3.36. The molecule has 0 bridgehead atoms. The largest absolute Gasteiger partial charge is 0.337 e. The highest BCUT2D eigenvalue weighted by atomic mass is 79.9. The molecule has 0 spiro atoms. The monoisotopic (exact) mass is 286 g/mol. The van der Waals surface area contributed by atoms with Gasteiger partial charge in [0.05, 0.1) is 5.56 Å². The fourth-order valence-electron chi connectivity index (χ4n) is 1.80. The molecular formula is C11H12BrFN2O. The second-order valence-electron chi connectivity index (χ2n) is 3.92. The highest BCUT2D eigenvalue weighted by Crippen LogP contribution is 2.21. The lowest BCUT2D eigenvalue weighted by Gasteiger charge is -2.16. The van der Waals surface area contributed by atoms with Crippen LogP contribution in [0.5, 0.6) is 0 Å². The standard InChI is InChI=1S/C11H12BrFN2O/c12-10-2-1-7(13)5-9(10)11(16)15-4-3-8(14)6-15/h1-2,5,8H,3-4,6,14H2/t8-/m1/s1. The lowest BCUT2D eigenvalue weighted by molar-refractivity contribution is 0.0789. The summed E-state index contributed by atoms with van der Waals surface area (Å²) in [5.41, 5.74) is 6.08. The third-order valence-electron chi connectivity index (χ3n) is 2.67. The third kappa shape index (κ3) is 2.25. The number of amides is 1. The summed E-state index contributed by atoms with van der Waals surface area (Å²) in [7, 11) is 0. The predicted molar refractivity (Wildman–Crippen MR) is 62.6 cm³/mol. The zero-order chi connectivity index (χ0) is 11.7. The van der Waals surface area contributed by atoms with Gasteiger partial charge in [-0.3, -0.25) is 4.79 Å². The number of benzene rings is 1. The molecule has 1 aromatic carbocycles.